The van der Waals surface area contributed by atoms with Crippen LogP contribution in [0.15, 0.2) is 4.36 Å². The van der Waals surface area contributed by atoms with Crippen LogP contribution >= 0.6 is 0 Å². The molecule has 1 aliphatic rings. The lowest BCUT2D eigenvalue weighted by Gasteiger charge is -2.46. The van der Waals surface area contributed by atoms with Crippen molar-refractivity contribution in [3.05, 3.63) is 0 Å². The standard InChI is InChI=1S/C11H23NO2S/c1-10(2,3)11(14-5)6-8-15(13,12-4)9-7-11/h6-9H2,1-5H3. The molecule has 1 rings (SSSR count). The fourth-order valence-electron chi connectivity index (χ4n) is 2.32. The van der Waals surface area contributed by atoms with Gasteiger partial charge in [-0.1, -0.05) is 20.8 Å². The minimum absolute atomic E-state index is 0.0935. The Labute approximate surface area is 93.8 Å². The van der Waals surface area contributed by atoms with Crippen LogP contribution in [0.3, 0.4) is 0 Å². The first-order chi connectivity index (χ1) is 6.79. The average molecular weight is 233 g/mol. The molecule has 0 radical (unpaired) electrons. The molecule has 1 heterocycles. The Morgan fingerprint density at radius 1 is 1.27 bits per heavy atom. The van der Waals surface area contributed by atoms with Crippen molar-refractivity contribution < 1.29 is 8.95 Å². The highest BCUT2D eigenvalue weighted by molar-refractivity contribution is 7.93. The van der Waals surface area contributed by atoms with Gasteiger partial charge in [0.1, 0.15) is 0 Å². The second-order valence-electron chi connectivity index (χ2n) is 5.31. The highest BCUT2D eigenvalue weighted by atomic mass is 32.2. The van der Waals surface area contributed by atoms with E-state index in [-0.39, 0.29) is 11.0 Å². The molecule has 0 aliphatic carbocycles. The van der Waals surface area contributed by atoms with Gasteiger partial charge in [-0.3, -0.25) is 0 Å². The van der Waals surface area contributed by atoms with Crippen LogP contribution in [0.5, 0.6) is 0 Å². The largest absolute Gasteiger partial charge is 0.378 e. The van der Waals surface area contributed by atoms with E-state index in [1.165, 1.54) is 0 Å². The van der Waals surface area contributed by atoms with E-state index < -0.39 is 9.73 Å². The highest BCUT2D eigenvalue weighted by Gasteiger charge is 2.45. The highest BCUT2D eigenvalue weighted by Crippen LogP contribution is 2.42. The van der Waals surface area contributed by atoms with Crippen LogP contribution in [0.1, 0.15) is 33.6 Å². The fraction of sp³-hybridized carbons (Fsp3) is 1.00. The smallest absolute Gasteiger partial charge is 0.0745 e. The minimum atomic E-state index is -1.92. The minimum Gasteiger partial charge on any atom is -0.378 e. The molecule has 1 fully saturated rings. The van der Waals surface area contributed by atoms with E-state index in [9.17, 15) is 4.21 Å². The lowest BCUT2D eigenvalue weighted by Crippen LogP contribution is -2.50. The summed E-state index contributed by atoms with van der Waals surface area (Å²) in [5, 5.41) is 0. The predicted molar refractivity (Wildman–Crippen MR) is 64.7 cm³/mol. The van der Waals surface area contributed by atoms with E-state index in [0.717, 1.165) is 12.8 Å². The van der Waals surface area contributed by atoms with Gasteiger partial charge in [-0.15, -0.1) is 0 Å². The Hall–Kier alpha value is -0.0900. The van der Waals surface area contributed by atoms with Gasteiger partial charge in [-0.25, -0.2) is 8.57 Å². The number of hydrogen-bond acceptors (Lipinski definition) is 3. The maximum atomic E-state index is 12.1. The van der Waals surface area contributed by atoms with E-state index in [0.29, 0.717) is 11.5 Å². The maximum absolute atomic E-state index is 12.1. The van der Waals surface area contributed by atoms with Crippen LogP contribution < -0.4 is 0 Å². The van der Waals surface area contributed by atoms with Gasteiger partial charge in [0.2, 0.25) is 0 Å². The number of hydrogen-bond donors (Lipinski definition) is 0. The van der Waals surface area contributed by atoms with E-state index in [1.54, 1.807) is 14.2 Å². The third-order valence-electron chi connectivity index (χ3n) is 3.74. The molecule has 0 amide bonds. The monoisotopic (exact) mass is 233 g/mol. The summed E-state index contributed by atoms with van der Waals surface area (Å²) in [4.78, 5) is 0. The van der Waals surface area contributed by atoms with Crippen molar-refractivity contribution in [2.45, 2.75) is 39.2 Å². The molecule has 0 aromatic carbocycles. The van der Waals surface area contributed by atoms with E-state index in [4.69, 9.17) is 4.74 Å². The van der Waals surface area contributed by atoms with Gasteiger partial charge >= 0.3 is 0 Å². The summed E-state index contributed by atoms with van der Waals surface area (Å²) in [6.45, 7) is 6.56. The normalized spacial score (nSPS) is 37.7. The molecule has 1 saturated heterocycles. The molecule has 0 bridgehead atoms. The van der Waals surface area contributed by atoms with E-state index in [1.807, 2.05) is 0 Å². The quantitative estimate of drug-likeness (QED) is 0.697. The Morgan fingerprint density at radius 2 is 1.73 bits per heavy atom. The lowest BCUT2D eigenvalue weighted by molar-refractivity contribution is -0.0979. The van der Waals surface area contributed by atoms with Gasteiger partial charge in [-0.05, 0) is 18.3 Å². The van der Waals surface area contributed by atoms with Crippen LogP contribution in [0.4, 0.5) is 0 Å². The topological polar surface area (TPSA) is 38.7 Å². The van der Waals surface area contributed by atoms with Gasteiger partial charge in [0.25, 0.3) is 0 Å². The zero-order valence-electron chi connectivity index (χ0n) is 10.5. The predicted octanol–water partition coefficient (Wildman–Crippen LogP) is 2.31. The van der Waals surface area contributed by atoms with Crippen LogP contribution in [-0.2, 0) is 14.5 Å². The van der Waals surface area contributed by atoms with Crippen molar-refractivity contribution in [3.8, 4) is 0 Å². The van der Waals surface area contributed by atoms with Crippen molar-refractivity contribution >= 4 is 9.73 Å². The van der Waals surface area contributed by atoms with Crippen molar-refractivity contribution in [3.63, 3.8) is 0 Å². The SMILES string of the molecule is CN=S1(=O)CCC(OC)(C(C)(C)C)CC1. The summed E-state index contributed by atoms with van der Waals surface area (Å²) in [5.74, 6) is 1.35. The Morgan fingerprint density at radius 3 is 2.00 bits per heavy atom. The van der Waals surface area contributed by atoms with Gasteiger partial charge < -0.3 is 4.74 Å². The number of rotatable bonds is 1. The summed E-state index contributed by atoms with van der Waals surface area (Å²) in [5.41, 5.74) is -0.0329. The van der Waals surface area contributed by atoms with E-state index >= 15 is 0 Å². The molecular formula is C11H23NO2S. The van der Waals surface area contributed by atoms with Crippen LogP contribution in [0.2, 0.25) is 0 Å². The summed E-state index contributed by atoms with van der Waals surface area (Å²) in [7, 11) is 1.51. The second-order valence-corrected chi connectivity index (χ2v) is 8.04. The van der Waals surface area contributed by atoms with Gasteiger partial charge in [-0.2, -0.15) is 0 Å². The van der Waals surface area contributed by atoms with Crippen LogP contribution in [-0.4, -0.2) is 35.5 Å². The average Bonchev–Trinajstić information content (AvgIpc) is 2.18. The van der Waals surface area contributed by atoms with E-state index in [2.05, 4.69) is 25.1 Å². The van der Waals surface area contributed by atoms with Gasteiger partial charge in [0, 0.05) is 35.4 Å². The molecule has 90 valence electrons. The van der Waals surface area contributed by atoms with Gasteiger partial charge in [0.05, 0.1) is 5.60 Å². The molecule has 1 aliphatic heterocycles. The Balaban J connectivity index is 2.90. The molecule has 0 atom stereocenters. The first kappa shape index (κ1) is 13.0. The molecule has 4 heteroatoms. The number of methoxy groups -OCH3 is 1. The summed E-state index contributed by atoms with van der Waals surface area (Å²) in [6.07, 6.45) is 1.70. The van der Waals surface area contributed by atoms with Gasteiger partial charge in [0.15, 0.2) is 0 Å². The molecule has 3 nitrogen and oxygen atoms in total. The van der Waals surface area contributed by atoms with Crippen molar-refractivity contribution in [1.29, 1.82) is 0 Å². The summed E-state index contributed by atoms with van der Waals surface area (Å²) in [6, 6.07) is 0. The lowest BCUT2D eigenvalue weighted by atomic mass is 9.72. The molecule has 0 saturated carbocycles. The molecule has 0 N–H and O–H groups in total. The molecule has 0 aromatic rings. The number of nitrogens with zero attached hydrogens (tertiary/aromatic N) is 1. The third-order valence-corrected chi connectivity index (χ3v) is 6.09. The zero-order valence-corrected chi connectivity index (χ0v) is 11.3. The zero-order chi connectivity index (χ0) is 11.7. The maximum Gasteiger partial charge on any atom is 0.0745 e. The Bertz CT molecular complexity index is 321. The van der Waals surface area contributed by atoms with Crippen LogP contribution in [0, 0.1) is 5.41 Å². The van der Waals surface area contributed by atoms with Crippen molar-refractivity contribution in [2.24, 2.45) is 9.78 Å². The van der Waals surface area contributed by atoms with Crippen LogP contribution in [0.25, 0.3) is 0 Å². The third kappa shape index (κ3) is 2.36. The fourth-order valence-corrected chi connectivity index (χ4v) is 4.19. The molecular weight excluding hydrogens is 210 g/mol. The molecule has 0 unspecified atom stereocenters. The first-order valence-electron chi connectivity index (χ1n) is 5.44. The Kier molecular flexibility index (Phi) is 3.51. The summed E-state index contributed by atoms with van der Waals surface area (Å²) < 4.78 is 21.8. The van der Waals surface area contributed by atoms with Crippen molar-refractivity contribution in [1.82, 2.24) is 0 Å². The van der Waals surface area contributed by atoms with Crippen molar-refractivity contribution in [2.75, 3.05) is 25.7 Å². The molecule has 0 spiro atoms. The first-order valence-corrected chi connectivity index (χ1v) is 7.30. The summed E-state index contributed by atoms with van der Waals surface area (Å²) >= 11 is 0. The second kappa shape index (κ2) is 4.06. The molecule has 0 aromatic heterocycles. The molecule has 15 heavy (non-hydrogen) atoms. The number of ether oxygens (including phenoxy) is 1.